The van der Waals surface area contributed by atoms with E-state index in [9.17, 15) is 4.79 Å². The van der Waals surface area contributed by atoms with Crippen LogP contribution in [0.15, 0.2) is 34.8 Å². The summed E-state index contributed by atoms with van der Waals surface area (Å²) in [6.07, 6.45) is 4.58. The number of aliphatic hydroxyl groups is 1. The number of aliphatic hydroxyl groups excluding tert-OH is 1. The molecule has 2 aromatic rings. The van der Waals surface area contributed by atoms with Gasteiger partial charge in [-0.15, -0.1) is 0 Å². The lowest BCUT2D eigenvalue weighted by atomic mass is 10.1. The van der Waals surface area contributed by atoms with Gasteiger partial charge in [-0.2, -0.15) is 0 Å². The smallest absolute Gasteiger partial charge is 0.266 e. The maximum atomic E-state index is 12.2. The van der Waals surface area contributed by atoms with Crippen molar-refractivity contribution in [1.82, 2.24) is 10.3 Å². The number of hydrogen-bond donors (Lipinski definition) is 3. The summed E-state index contributed by atoms with van der Waals surface area (Å²) in [7, 11) is 0. The minimum Gasteiger partial charge on any atom is -0.429 e. The van der Waals surface area contributed by atoms with Gasteiger partial charge in [0.2, 0.25) is 0 Å². The first-order chi connectivity index (χ1) is 9.65. The highest BCUT2D eigenvalue weighted by molar-refractivity contribution is 7.71. The predicted octanol–water partition coefficient (Wildman–Crippen LogP) is 2.16. The quantitative estimate of drug-likeness (QED) is 0.598. The third-order valence-corrected chi connectivity index (χ3v) is 3.59. The fraction of sp³-hybridized carbons (Fsp3) is 0.286. The number of fused-ring (bicyclic) bond motifs is 1. The second-order valence-electron chi connectivity index (χ2n) is 4.87. The normalized spacial score (nSPS) is 21.4. The van der Waals surface area contributed by atoms with Gasteiger partial charge in [-0.25, -0.2) is 0 Å². The Balaban J connectivity index is 1.75. The van der Waals surface area contributed by atoms with Gasteiger partial charge in [0.15, 0.2) is 5.58 Å². The zero-order valence-corrected chi connectivity index (χ0v) is 11.4. The lowest BCUT2D eigenvalue weighted by Gasteiger charge is -2.12. The zero-order chi connectivity index (χ0) is 14.1. The Kier molecular flexibility index (Phi) is 3.42. The lowest BCUT2D eigenvalue weighted by Crippen LogP contribution is -2.32. The minimum atomic E-state index is -0.164. The minimum absolute atomic E-state index is 0.0342. The van der Waals surface area contributed by atoms with E-state index < -0.39 is 0 Å². The van der Waals surface area contributed by atoms with E-state index in [0.717, 1.165) is 11.9 Å². The molecular weight excluding hydrogens is 276 g/mol. The molecule has 1 aliphatic rings. The number of oxazole rings is 1. The summed E-state index contributed by atoms with van der Waals surface area (Å²) in [5.41, 5.74) is 1.86. The van der Waals surface area contributed by atoms with Crippen molar-refractivity contribution in [2.75, 3.05) is 6.61 Å². The van der Waals surface area contributed by atoms with Crippen LogP contribution in [0.3, 0.4) is 0 Å². The maximum Gasteiger partial charge on any atom is 0.266 e. The van der Waals surface area contributed by atoms with Crippen molar-refractivity contribution in [3.63, 3.8) is 0 Å². The number of benzene rings is 1. The third kappa shape index (κ3) is 2.52. The average Bonchev–Trinajstić information content (AvgIpc) is 3.02. The molecule has 0 spiro atoms. The highest BCUT2D eigenvalue weighted by Crippen LogP contribution is 2.19. The van der Waals surface area contributed by atoms with Crippen molar-refractivity contribution in [3.05, 3.63) is 40.8 Å². The largest absolute Gasteiger partial charge is 0.429 e. The molecule has 0 saturated heterocycles. The molecule has 6 heteroatoms. The van der Waals surface area contributed by atoms with Crippen molar-refractivity contribution >= 4 is 29.2 Å². The summed E-state index contributed by atoms with van der Waals surface area (Å²) in [5.74, 6) is -0.0346. The fourth-order valence-electron chi connectivity index (χ4n) is 2.36. The molecule has 1 heterocycles. The number of rotatable bonds is 3. The van der Waals surface area contributed by atoms with Crippen LogP contribution in [0.2, 0.25) is 0 Å². The second-order valence-corrected chi connectivity index (χ2v) is 5.24. The molecule has 1 aromatic carbocycles. The Hall–Kier alpha value is -1.92. The van der Waals surface area contributed by atoms with Crippen molar-refractivity contribution < 1.29 is 14.3 Å². The Morgan fingerprint density at radius 3 is 3.10 bits per heavy atom. The van der Waals surface area contributed by atoms with Crippen LogP contribution in [0, 0.1) is 10.8 Å². The molecule has 0 saturated carbocycles. The highest BCUT2D eigenvalue weighted by atomic mass is 32.1. The van der Waals surface area contributed by atoms with Gasteiger partial charge < -0.3 is 19.8 Å². The fourth-order valence-corrected chi connectivity index (χ4v) is 2.56. The molecule has 3 N–H and O–H groups in total. The molecule has 3 rings (SSSR count). The molecule has 1 amide bonds. The Morgan fingerprint density at radius 2 is 2.35 bits per heavy atom. The Morgan fingerprint density at radius 1 is 1.50 bits per heavy atom. The predicted molar refractivity (Wildman–Crippen MR) is 77.0 cm³/mol. The van der Waals surface area contributed by atoms with Gasteiger partial charge in [0, 0.05) is 24.1 Å². The molecule has 0 fully saturated rings. The second kappa shape index (κ2) is 5.22. The van der Waals surface area contributed by atoms with Crippen molar-refractivity contribution in [2.24, 2.45) is 5.92 Å². The molecule has 0 aliphatic heterocycles. The number of H-pyrrole nitrogens is 1. The van der Waals surface area contributed by atoms with Gasteiger partial charge in [-0.3, -0.25) is 4.79 Å². The van der Waals surface area contributed by atoms with Gasteiger partial charge in [0.25, 0.3) is 10.7 Å². The molecular formula is C14H14N2O3S. The molecule has 0 unspecified atom stereocenters. The number of carbonyl (C=O) groups is 1. The van der Waals surface area contributed by atoms with Gasteiger partial charge >= 0.3 is 0 Å². The van der Waals surface area contributed by atoms with E-state index in [4.69, 9.17) is 21.7 Å². The van der Waals surface area contributed by atoms with E-state index >= 15 is 0 Å². The molecule has 2 atom stereocenters. The van der Waals surface area contributed by atoms with Crippen molar-refractivity contribution in [2.45, 2.75) is 12.5 Å². The average molecular weight is 290 g/mol. The molecule has 0 radical (unpaired) electrons. The molecule has 1 aliphatic carbocycles. The van der Waals surface area contributed by atoms with Crippen LogP contribution < -0.4 is 5.32 Å². The zero-order valence-electron chi connectivity index (χ0n) is 10.6. The van der Waals surface area contributed by atoms with Gasteiger partial charge in [0.1, 0.15) is 0 Å². The first-order valence-electron chi connectivity index (χ1n) is 6.38. The Bertz CT molecular complexity index is 731. The summed E-state index contributed by atoms with van der Waals surface area (Å²) in [4.78, 5) is 15.3. The summed E-state index contributed by atoms with van der Waals surface area (Å²) < 4.78 is 5.30. The van der Waals surface area contributed by atoms with E-state index in [1.165, 1.54) is 0 Å². The Labute approximate surface area is 120 Å². The number of hydrogen-bond acceptors (Lipinski definition) is 4. The molecule has 5 nitrogen and oxygen atoms in total. The van der Waals surface area contributed by atoms with Crippen molar-refractivity contribution in [3.8, 4) is 0 Å². The van der Waals surface area contributed by atoms with E-state index in [1.54, 1.807) is 18.2 Å². The maximum absolute atomic E-state index is 12.2. The van der Waals surface area contributed by atoms with Crippen molar-refractivity contribution in [1.29, 1.82) is 0 Å². The number of amides is 1. The van der Waals surface area contributed by atoms with Gasteiger partial charge in [-0.05, 0) is 36.8 Å². The van der Waals surface area contributed by atoms with Gasteiger partial charge in [-0.1, -0.05) is 12.2 Å². The van der Waals surface area contributed by atoms with Gasteiger partial charge in [0.05, 0.1) is 5.52 Å². The van der Waals surface area contributed by atoms with Crippen LogP contribution in [0.1, 0.15) is 16.8 Å². The number of aromatic nitrogens is 1. The highest BCUT2D eigenvalue weighted by Gasteiger charge is 2.20. The third-order valence-electron chi connectivity index (χ3n) is 3.41. The summed E-state index contributed by atoms with van der Waals surface area (Å²) in [6.45, 7) is 0.110. The molecule has 1 aromatic heterocycles. The van der Waals surface area contributed by atoms with E-state index in [0.29, 0.717) is 16.0 Å². The first-order valence-corrected chi connectivity index (χ1v) is 6.79. The van der Waals surface area contributed by atoms with E-state index in [-0.39, 0.29) is 24.5 Å². The van der Waals surface area contributed by atoms with Crippen LogP contribution in [0.4, 0.5) is 0 Å². The molecule has 0 bridgehead atoms. The number of carbonyl (C=O) groups excluding carboxylic acids is 1. The number of nitrogens with one attached hydrogen (secondary N) is 2. The summed E-state index contributed by atoms with van der Waals surface area (Å²) in [5, 5.41) is 12.0. The topological polar surface area (TPSA) is 78.3 Å². The summed E-state index contributed by atoms with van der Waals surface area (Å²) in [6, 6.07) is 5.12. The van der Waals surface area contributed by atoms with Crippen LogP contribution >= 0.6 is 12.2 Å². The standard InChI is InChI=1S/C14H14N2O3S/c17-7-8-1-3-10(5-8)15-13(18)9-2-4-11-12(6-9)19-14(20)16-11/h1-4,6,8,10,17H,5,7H2,(H,15,18)(H,16,20)/t8-,10+/m0/s1. The SMILES string of the molecule is O=C(N[C@@H]1C=C[C@H](CO)C1)c1ccc2[nH]c(=S)oc2c1. The van der Waals surface area contributed by atoms with E-state index in [1.807, 2.05) is 12.2 Å². The first kappa shape index (κ1) is 13.1. The van der Waals surface area contributed by atoms with Crippen LogP contribution in [0.5, 0.6) is 0 Å². The molecule has 104 valence electrons. The van der Waals surface area contributed by atoms with Crippen LogP contribution in [0.25, 0.3) is 11.1 Å². The monoisotopic (exact) mass is 290 g/mol. The molecule has 20 heavy (non-hydrogen) atoms. The van der Waals surface area contributed by atoms with E-state index in [2.05, 4.69) is 10.3 Å². The lowest BCUT2D eigenvalue weighted by molar-refractivity contribution is 0.0941. The van der Waals surface area contributed by atoms with Crippen LogP contribution in [-0.2, 0) is 0 Å². The number of aromatic amines is 1. The van der Waals surface area contributed by atoms with Crippen LogP contribution in [-0.4, -0.2) is 28.6 Å². The summed E-state index contributed by atoms with van der Waals surface area (Å²) >= 11 is 4.91.